The maximum atomic E-state index is 12.2. The first-order valence-electron chi connectivity index (χ1n) is 12.4. The van der Waals surface area contributed by atoms with Gasteiger partial charge in [-0.05, 0) is 50.6 Å². The Bertz CT molecular complexity index is 1420. The highest BCUT2D eigenvalue weighted by atomic mass is 79.9. The van der Waals surface area contributed by atoms with Crippen molar-refractivity contribution in [2.75, 3.05) is 18.1 Å². The number of halogens is 5. The fourth-order valence-corrected chi connectivity index (χ4v) is 6.20. The van der Waals surface area contributed by atoms with Gasteiger partial charge < -0.3 is 10.1 Å². The van der Waals surface area contributed by atoms with E-state index in [1.807, 2.05) is 12.1 Å². The number of hydrogen-bond donors (Lipinski definition) is 1. The first-order valence-corrected chi connectivity index (χ1v) is 14.8. The number of carbonyl (C=O) groups excluding carboxylic acids is 3. The predicted molar refractivity (Wildman–Crippen MR) is 161 cm³/mol. The lowest BCUT2D eigenvalue weighted by Crippen LogP contribution is -2.45. The third-order valence-corrected chi connectivity index (χ3v) is 7.70. The summed E-state index contributed by atoms with van der Waals surface area (Å²) < 4.78 is 7.83. The quantitative estimate of drug-likeness (QED) is 0.238. The molecule has 2 aliphatic rings. The lowest BCUT2D eigenvalue weighted by atomic mass is 9.90. The Balaban J connectivity index is 0.000000189. The molecule has 5 rings (SSSR count). The second kappa shape index (κ2) is 13.3. The van der Waals surface area contributed by atoms with Crippen molar-refractivity contribution in [2.24, 2.45) is 0 Å². The van der Waals surface area contributed by atoms with Crippen LogP contribution in [-0.4, -0.2) is 61.7 Å². The van der Waals surface area contributed by atoms with Crippen LogP contribution in [0.2, 0.25) is 20.1 Å². The van der Waals surface area contributed by atoms with Crippen LogP contribution in [0.15, 0.2) is 49.1 Å². The molecule has 15 heteroatoms. The van der Waals surface area contributed by atoms with Crippen LogP contribution < -0.4 is 10.2 Å². The molecule has 2 unspecified atom stereocenters. The van der Waals surface area contributed by atoms with Crippen molar-refractivity contribution in [3.63, 3.8) is 0 Å². The summed E-state index contributed by atoms with van der Waals surface area (Å²) in [5, 5.41) is 8.54. The van der Waals surface area contributed by atoms with E-state index in [1.165, 1.54) is 24.5 Å². The van der Waals surface area contributed by atoms with Gasteiger partial charge in [-0.2, -0.15) is 5.10 Å². The monoisotopic (exact) mass is 704 g/mol. The average molecular weight is 707 g/mol. The van der Waals surface area contributed by atoms with Gasteiger partial charge in [-0.3, -0.25) is 4.79 Å². The standard InChI is InChI=1S/C13H12BrCl2N3O.C13H13Cl2N3O3/c14-9-4-13(20-5-9,6-19-8-17-7-18-19)11-2-1-10(15)3-12(11)16;1-7(2)16-12(20)17-6-11(19)18(13(17)21)10-4-8(14)3-9(15)5-10/h1-3,7-9H,4-6H2;3-5,7H,6H2,1-2H3,(H,16,20). The van der Waals surface area contributed by atoms with Crippen molar-refractivity contribution in [1.82, 2.24) is 25.0 Å². The summed E-state index contributed by atoms with van der Waals surface area (Å²) in [4.78, 5) is 42.1. The molecule has 0 saturated carbocycles. The van der Waals surface area contributed by atoms with Gasteiger partial charge in [0.25, 0.3) is 5.91 Å². The van der Waals surface area contributed by atoms with E-state index < -0.39 is 23.6 Å². The van der Waals surface area contributed by atoms with Gasteiger partial charge in [0.05, 0.1) is 18.8 Å². The van der Waals surface area contributed by atoms with Crippen LogP contribution in [0.4, 0.5) is 15.3 Å². The second-order valence-corrected chi connectivity index (χ2v) is 12.7. The molecule has 0 radical (unpaired) electrons. The molecule has 10 nitrogen and oxygen atoms in total. The number of carbonyl (C=O) groups is 3. The van der Waals surface area contributed by atoms with Crippen LogP contribution in [0.5, 0.6) is 0 Å². The number of hydrogen-bond acceptors (Lipinski definition) is 6. The number of nitrogens with zero attached hydrogens (tertiary/aromatic N) is 5. The van der Waals surface area contributed by atoms with E-state index in [1.54, 1.807) is 30.9 Å². The minimum absolute atomic E-state index is 0.143. The number of rotatable bonds is 5. The van der Waals surface area contributed by atoms with E-state index >= 15 is 0 Å². The summed E-state index contributed by atoms with van der Waals surface area (Å²) in [7, 11) is 0. The first kappa shape index (κ1) is 31.5. The normalized spacial score (nSPS) is 20.4. The maximum Gasteiger partial charge on any atom is 0.340 e. The van der Waals surface area contributed by atoms with Gasteiger partial charge in [0.15, 0.2) is 0 Å². The summed E-state index contributed by atoms with van der Waals surface area (Å²) >= 11 is 27.7. The summed E-state index contributed by atoms with van der Waals surface area (Å²) in [6, 6.07) is 8.38. The van der Waals surface area contributed by atoms with Gasteiger partial charge >= 0.3 is 12.1 Å². The highest BCUT2D eigenvalue weighted by Gasteiger charge is 2.43. The van der Waals surface area contributed by atoms with E-state index in [9.17, 15) is 14.4 Å². The van der Waals surface area contributed by atoms with Crippen molar-refractivity contribution in [2.45, 2.75) is 43.3 Å². The van der Waals surface area contributed by atoms with Gasteiger partial charge in [-0.15, -0.1) is 0 Å². The summed E-state index contributed by atoms with van der Waals surface area (Å²) in [6.07, 6.45) is 4.00. The minimum Gasteiger partial charge on any atom is -0.367 e. The number of benzene rings is 2. The zero-order chi connectivity index (χ0) is 29.9. The van der Waals surface area contributed by atoms with E-state index in [4.69, 9.17) is 51.1 Å². The molecule has 2 aromatic carbocycles. The maximum absolute atomic E-state index is 12.2. The van der Waals surface area contributed by atoms with E-state index in [-0.39, 0.29) is 23.1 Å². The third-order valence-electron chi connectivity index (χ3n) is 6.13. The SMILES string of the molecule is CC(C)NC(=O)N1CC(=O)N(c2cc(Cl)cc(Cl)c2)C1=O.Clc1ccc(C2(Cn3cncn3)CC(Br)CO2)c(Cl)c1. The van der Waals surface area contributed by atoms with Crippen LogP contribution in [0.25, 0.3) is 0 Å². The molecule has 1 N–H and O–H groups in total. The van der Waals surface area contributed by atoms with E-state index in [0.717, 1.165) is 21.8 Å². The van der Waals surface area contributed by atoms with Crippen LogP contribution in [-0.2, 0) is 21.7 Å². The zero-order valence-electron chi connectivity index (χ0n) is 21.9. The molecule has 1 aromatic heterocycles. The van der Waals surface area contributed by atoms with Crippen LogP contribution in [0.3, 0.4) is 0 Å². The molecule has 3 heterocycles. The summed E-state index contributed by atoms with van der Waals surface area (Å²) in [5.41, 5.74) is 0.659. The van der Waals surface area contributed by atoms with Crippen molar-refractivity contribution >= 4 is 86.0 Å². The van der Waals surface area contributed by atoms with Crippen LogP contribution in [0, 0.1) is 0 Å². The molecular weight excluding hydrogens is 682 g/mol. The first-order chi connectivity index (χ1) is 19.4. The van der Waals surface area contributed by atoms with Crippen LogP contribution >= 0.6 is 62.3 Å². The highest BCUT2D eigenvalue weighted by molar-refractivity contribution is 9.09. The molecule has 0 bridgehead atoms. The Morgan fingerprint density at radius 3 is 2.39 bits per heavy atom. The number of nitrogens with one attached hydrogen (secondary N) is 1. The van der Waals surface area contributed by atoms with Gasteiger partial charge in [0, 0.05) is 36.5 Å². The van der Waals surface area contributed by atoms with E-state index in [2.05, 4.69) is 31.3 Å². The van der Waals surface area contributed by atoms with Crippen molar-refractivity contribution < 1.29 is 19.1 Å². The smallest absolute Gasteiger partial charge is 0.340 e. The lowest BCUT2D eigenvalue weighted by Gasteiger charge is -2.29. The number of ether oxygens (including phenoxy) is 1. The number of alkyl halides is 1. The van der Waals surface area contributed by atoms with Gasteiger partial charge in [-0.1, -0.05) is 68.4 Å². The molecule has 2 saturated heterocycles. The van der Waals surface area contributed by atoms with Crippen molar-refractivity contribution in [3.8, 4) is 0 Å². The largest absolute Gasteiger partial charge is 0.367 e. The molecule has 5 amide bonds. The summed E-state index contributed by atoms with van der Waals surface area (Å²) in [6.45, 7) is 4.40. The average Bonchev–Trinajstić information content (AvgIpc) is 3.58. The molecule has 2 aliphatic heterocycles. The second-order valence-electron chi connectivity index (χ2n) is 9.65. The Morgan fingerprint density at radius 1 is 1.12 bits per heavy atom. The van der Waals surface area contributed by atoms with Gasteiger partial charge in [0.2, 0.25) is 0 Å². The number of urea groups is 2. The van der Waals surface area contributed by atoms with Crippen molar-refractivity contribution in [1.29, 1.82) is 0 Å². The van der Waals surface area contributed by atoms with Crippen molar-refractivity contribution in [3.05, 3.63) is 74.7 Å². The molecule has 0 aliphatic carbocycles. The Labute approximate surface area is 264 Å². The molecule has 2 fully saturated rings. The minimum atomic E-state index is -0.725. The number of amides is 5. The molecule has 41 heavy (non-hydrogen) atoms. The number of imide groups is 2. The summed E-state index contributed by atoms with van der Waals surface area (Å²) in [5.74, 6) is -0.516. The molecule has 3 aromatic rings. The topological polar surface area (TPSA) is 110 Å². The molecule has 2 atom stereocenters. The number of anilines is 1. The van der Waals surface area contributed by atoms with Crippen LogP contribution in [0.1, 0.15) is 25.8 Å². The lowest BCUT2D eigenvalue weighted by molar-refractivity contribution is -0.116. The number of aromatic nitrogens is 3. The Hall–Kier alpha value is -2.41. The Kier molecular flexibility index (Phi) is 10.2. The predicted octanol–water partition coefficient (Wildman–Crippen LogP) is 6.54. The highest BCUT2D eigenvalue weighted by Crippen LogP contribution is 2.43. The van der Waals surface area contributed by atoms with Gasteiger partial charge in [-0.25, -0.2) is 29.1 Å². The Morgan fingerprint density at radius 2 is 1.83 bits per heavy atom. The van der Waals surface area contributed by atoms with E-state index in [0.29, 0.717) is 33.2 Å². The molecular formula is C26H25BrCl4N6O4. The van der Waals surface area contributed by atoms with Gasteiger partial charge in [0.1, 0.15) is 24.8 Å². The third kappa shape index (κ3) is 7.52. The zero-order valence-corrected chi connectivity index (χ0v) is 26.5. The molecule has 218 valence electrons. The molecule has 0 spiro atoms. The fourth-order valence-electron chi connectivity index (χ4n) is 4.45. The fraction of sp³-hybridized carbons (Fsp3) is 0.346.